The summed E-state index contributed by atoms with van der Waals surface area (Å²) >= 11 is 0. The zero-order chi connectivity index (χ0) is 12.6. The molecule has 0 aliphatic heterocycles. The lowest BCUT2D eigenvalue weighted by molar-refractivity contribution is -0.191. The van der Waals surface area contributed by atoms with Gasteiger partial charge in [0.2, 0.25) is 5.67 Å². The molecule has 0 fully saturated rings. The second-order valence-corrected chi connectivity index (χ2v) is 3.70. The molecule has 1 unspecified atom stereocenters. The number of rotatable bonds is 3. The average molecular weight is 232 g/mol. The van der Waals surface area contributed by atoms with Crippen LogP contribution in [0.25, 0.3) is 0 Å². The lowest BCUT2D eigenvalue weighted by atomic mass is 9.88. The van der Waals surface area contributed by atoms with Crippen molar-refractivity contribution in [3.63, 3.8) is 0 Å². The Morgan fingerprint density at radius 3 is 2.19 bits per heavy atom. The Hall–Kier alpha value is -1.52. The predicted molar refractivity (Wildman–Crippen MR) is 52.2 cm³/mol. The minimum atomic E-state index is -4.46. The fourth-order valence-corrected chi connectivity index (χ4v) is 1.47. The first-order chi connectivity index (χ1) is 7.21. The van der Waals surface area contributed by atoms with Crippen molar-refractivity contribution in [2.45, 2.75) is 25.4 Å². The third-order valence-corrected chi connectivity index (χ3v) is 2.51. The molecule has 0 aliphatic carbocycles. The summed E-state index contributed by atoms with van der Waals surface area (Å²) in [7, 11) is 0. The van der Waals surface area contributed by atoms with E-state index in [2.05, 4.69) is 0 Å². The molecule has 88 valence electrons. The van der Waals surface area contributed by atoms with Gasteiger partial charge in [0.1, 0.15) is 0 Å². The van der Waals surface area contributed by atoms with Crippen molar-refractivity contribution in [3.05, 3.63) is 35.4 Å². The summed E-state index contributed by atoms with van der Waals surface area (Å²) in [6.45, 7) is 2.02. The highest BCUT2D eigenvalue weighted by atomic mass is 19.3. The number of carboxylic acid groups (broad SMARTS) is 1. The van der Waals surface area contributed by atoms with E-state index in [0.717, 1.165) is 6.07 Å². The van der Waals surface area contributed by atoms with Gasteiger partial charge < -0.3 is 5.11 Å². The van der Waals surface area contributed by atoms with Gasteiger partial charge in [0.25, 0.3) is 0 Å². The molecule has 0 aliphatic rings. The summed E-state index contributed by atoms with van der Waals surface area (Å²) in [5.74, 6) is -6.93. The summed E-state index contributed by atoms with van der Waals surface area (Å²) in [5, 5.41) is 8.34. The molecule has 5 heteroatoms. The van der Waals surface area contributed by atoms with E-state index in [1.807, 2.05) is 0 Å². The Morgan fingerprint density at radius 2 is 1.75 bits per heavy atom. The highest BCUT2D eigenvalue weighted by Crippen LogP contribution is 2.42. The first-order valence-corrected chi connectivity index (χ1v) is 4.57. The van der Waals surface area contributed by atoms with Crippen LogP contribution in [0.3, 0.4) is 0 Å². The van der Waals surface area contributed by atoms with Gasteiger partial charge in [-0.1, -0.05) is 24.3 Å². The van der Waals surface area contributed by atoms with Gasteiger partial charge in [-0.2, -0.15) is 8.78 Å². The van der Waals surface area contributed by atoms with Crippen molar-refractivity contribution in [2.24, 2.45) is 0 Å². The van der Waals surface area contributed by atoms with Crippen LogP contribution in [-0.2, 0) is 10.5 Å². The van der Waals surface area contributed by atoms with E-state index >= 15 is 0 Å². The van der Waals surface area contributed by atoms with Gasteiger partial charge in [0, 0.05) is 0 Å². The van der Waals surface area contributed by atoms with E-state index in [9.17, 15) is 18.0 Å². The summed E-state index contributed by atoms with van der Waals surface area (Å²) < 4.78 is 40.4. The number of carboxylic acids is 1. The standard InChI is InChI=1S/C11H11F3O2/c1-7-5-3-4-6-8(7)10(2,12)11(13,14)9(15)16/h3-6H,1-2H3,(H,15,16). The number of alkyl halides is 3. The van der Waals surface area contributed by atoms with Crippen LogP contribution in [0.2, 0.25) is 0 Å². The van der Waals surface area contributed by atoms with Gasteiger partial charge in [-0.25, -0.2) is 9.18 Å². The van der Waals surface area contributed by atoms with Gasteiger partial charge in [0.05, 0.1) is 0 Å². The largest absolute Gasteiger partial charge is 0.477 e. The van der Waals surface area contributed by atoms with Crippen LogP contribution in [0.1, 0.15) is 18.1 Å². The van der Waals surface area contributed by atoms with Crippen LogP contribution in [0.15, 0.2) is 24.3 Å². The summed E-state index contributed by atoms with van der Waals surface area (Å²) in [4.78, 5) is 10.4. The highest BCUT2D eigenvalue weighted by molar-refractivity contribution is 5.77. The molecule has 16 heavy (non-hydrogen) atoms. The molecule has 0 saturated carbocycles. The van der Waals surface area contributed by atoms with Crippen molar-refractivity contribution < 1.29 is 23.1 Å². The molecule has 0 radical (unpaired) electrons. The molecule has 0 saturated heterocycles. The lowest BCUT2D eigenvalue weighted by Gasteiger charge is -2.28. The summed E-state index contributed by atoms with van der Waals surface area (Å²) in [6, 6.07) is 5.56. The molecule has 0 heterocycles. The maximum absolute atomic E-state index is 14.0. The number of aliphatic carboxylic acids is 1. The third-order valence-electron chi connectivity index (χ3n) is 2.51. The van der Waals surface area contributed by atoms with E-state index in [4.69, 9.17) is 5.11 Å². The van der Waals surface area contributed by atoms with Crippen LogP contribution in [0, 0.1) is 6.92 Å². The SMILES string of the molecule is Cc1ccccc1C(C)(F)C(F)(F)C(=O)O. The molecule has 0 amide bonds. The van der Waals surface area contributed by atoms with E-state index in [0.29, 0.717) is 6.92 Å². The molecule has 1 aromatic carbocycles. The molecule has 0 bridgehead atoms. The quantitative estimate of drug-likeness (QED) is 0.869. The van der Waals surface area contributed by atoms with Crippen LogP contribution < -0.4 is 0 Å². The molecular formula is C11H11F3O2. The minimum absolute atomic E-state index is 0.286. The zero-order valence-corrected chi connectivity index (χ0v) is 8.80. The van der Waals surface area contributed by atoms with Gasteiger partial charge >= 0.3 is 11.9 Å². The Balaban J connectivity index is 3.32. The van der Waals surface area contributed by atoms with E-state index in [-0.39, 0.29) is 11.1 Å². The van der Waals surface area contributed by atoms with Crippen molar-refractivity contribution in [1.82, 2.24) is 0 Å². The number of hydrogen-bond acceptors (Lipinski definition) is 1. The molecule has 1 atom stereocenters. The molecule has 1 rings (SSSR count). The van der Waals surface area contributed by atoms with E-state index in [1.54, 1.807) is 6.07 Å². The Kier molecular flexibility index (Phi) is 2.99. The number of benzene rings is 1. The Morgan fingerprint density at radius 1 is 1.25 bits per heavy atom. The second kappa shape index (κ2) is 3.81. The number of hydrogen-bond donors (Lipinski definition) is 1. The predicted octanol–water partition coefficient (Wildman–Crippen LogP) is 2.90. The molecule has 1 N–H and O–H groups in total. The smallest absolute Gasteiger partial charge is 0.379 e. The van der Waals surface area contributed by atoms with Gasteiger partial charge in [-0.15, -0.1) is 0 Å². The van der Waals surface area contributed by atoms with Gasteiger partial charge in [-0.3, -0.25) is 0 Å². The highest BCUT2D eigenvalue weighted by Gasteiger charge is 2.59. The maximum atomic E-state index is 14.0. The molecule has 1 aromatic rings. The zero-order valence-electron chi connectivity index (χ0n) is 8.80. The Bertz CT molecular complexity index is 413. The first-order valence-electron chi connectivity index (χ1n) is 4.57. The maximum Gasteiger partial charge on any atom is 0.379 e. The van der Waals surface area contributed by atoms with Crippen molar-refractivity contribution >= 4 is 5.97 Å². The second-order valence-electron chi connectivity index (χ2n) is 3.70. The van der Waals surface area contributed by atoms with E-state index in [1.165, 1.54) is 19.1 Å². The topological polar surface area (TPSA) is 37.3 Å². The molecule has 0 aromatic heterocycles. The molecule has 2 nitrogen and oxygen atoms in total. The number of aryl methyl sites for hydroxylation is 1. The number of carbonyl (C=O) groups is 1. The first kappa shape index (κ1) is 12.5. The van der Waals surface area contributed by atoms with Crippen LogP contribution in [-0.4, -0.2) is 17.0 Å². The van der Waals surface area contributed by atoms with Gasteiger partial charge in [-0.05, 0) is 25.0 Å². The summed E-state index contributed by atoms with van der Waals surface area (Å²) in [6.07, 6.45) is 0. The average Bonchev–Trinajstić information content (AvgIpc) is 2.17. The van der Waals surface area contributed by atoms with Gasteiger partial charge in [0.15, 0.2) is 0 Å². The fraction of sp³-hybridized carbons (Fsp3) is 0.364. The van der Waals surface area contributed by atoms with E-state index < -0.39 is 17.6 Å². The van der Waals surface area contributed by atoms with Crippen LogP contribution in [0.5, 0.6) is 0 Å². The van der Waals surface area contributed by atoms with Crippen molar-refractivity contribution in [2.75, 3.05) is 0 Å². The Labute approximate surface area is 90.7 Å². The minimum Gasteiger partial charge on any atom is -0.477 e. The van der Waals surface area contributed by atoms with Crippen LogP contribution in [0.4, 0.5) is 13.2 Å². The van der Waals surface area contributed by atoms with Crippen molar-refractivity contribution in [3.8, 4) is 0 Å². The fourth-order valence-electron chi connectivity index (χ4n) is 1.47. The lowest BCUT2D eigenvalue weighted by Crippen LogP contribution is -2.46. The summed E-state index contributed by atoms with van der Waals surface area (Å²) in [5.41, 5.74) is -3.26. The van der Waals surface area contributed by atoms with Crippen molar-refractivity contribution in [1.29, 1.82) is 0 Å². The van der Waals surface area contributed by atoms with Crippen LogP contribution >= 0.6 is 0 Å². The normalized spacial score (nSPS) is 15.6. The molecular weight excluding hydrogens is 221 g/mol. The number of halogens is 3. The molecule has 0 spiro atoms. The third kappa shape index (κ3) is 1.77. The monoisotopic (exact) mass is 232 g/mol.